The number of fused-ring (bicyclic) bond motifs is 2. The Balaban J connectivity index is 1.66. The molecule has 7 nitrogen and oxygen atoms in total. The van der Waals surface area contributed by atoms with E-state index >= 15 is 0 Å². The fraction of sp³-hybridized carbons (Fsp3) is 0. The molecule has 4 aromatic rings. The second-order valence-corrected chi connectivity index (χ2v) is 5.77. The number of para-hydroxylation sites is 2. The molecule has 0 radical (unpaired) electrons. The van der Waals surface area contributed by atoms with Gasteiger partial charge < -0.3 is 14.9 Å². The van der Waals surface area contributed by atoms with Crippen LogP contribution in [-0.4, -0.2) is 32.1 Å². The number of hydrogen-bond acceptors (Lipinski definition) is 7. The van der Waals surface area contributed by atoms with Crippen LogP contribution in [0.25, 0.3) is 21.8 Å². The number of nitrogens with zero attached hydrogens (tertiary/aromatic N) is 2. The highest BCUT2D eigenvalue weighted by molar-refractivity contribution is 6.05. The molecule has 7 heteroatoms. The first-order valence-corrected chi connectivity index (χ1v) is 7.97. The number of benzene rings is 2. The van der Waals surface area contributed by atoms with Crippen LogP contribution in [0.3, 0.4) is 0 Å². The fourth-order valence-electron chi connectivity index (χ4n) is 2.69. The monoisotopic (exact) mass is 360 g/mol. The van der Waals surface area contributed by atoms with E-state index in [0.717, 1.165) is 0 Å². The van der Waals surface area contributed by atoms with Gasteiger partial charge in [0.1, 0.15) is 11.5 Å². The predicted molar refractivity (Wildman–Crippen MR) is 96.6 cm³/mol. The molecule has 2 N–H and O–H groups in total. The van der Waals surface area contributed by atoms with E-state index in [1.54, 1.807) is 48.5 Å². The van der Waals surface area contributed by atoms with Gasteiger partial charge in [0.05, 0.1) is 11.0 Å². The summed E-state index contributed by atoms with van der Waals surface area (Å²) in [7, 11) is 0. The molecule has 0 saturated carbocycles. The number of esters is 2. The Morgan fingerprint density at radius 1 is 0.704 bits per heavy atom. The van der Waals surface area contributed by atoms with E-state index in [1.165, 1.54) is 12.1 Å². The highest BCUT2D eigenvalue weighted by Gasteiger charge is 2.23. The summed E-state index contributed by atoms with van der Waals surface area (Å²) < 4.78 is 4.76. The smallest absolute Gasteiger partial charge is 0.368 e. The van der Waals surface area contributed by atoms with Crippen molar-refractivity contribution in [2.45, 2.75) is 0 Å². The van der Waals surface area contributed by atoms with Crippen molar-refractivity contribution in [1.82, 2.24) is 9.97 Å². The maximum Gasteiger partial charge on any atom is 0.368 e. The van der Waals surface area contributed by atoms with E-state index in [9.17, 15) is 19.8 Å². The molecule has 0 amide bonds. The van der Waals surface area contributed by atoms with Crippen molar-refractivity contribution in [1.29, 1.82) is 0 Å². The minimum Gasteiger partial charge on any atom is -0.505 e. The molecule has 0 fully saturated rings. The van der Waals surface area contributed by atoms with Crippen molar-refractivity contribution in [3.8, 4) is 11.5 Å². The van der Waals surface area contributed by atoms with Crippen molar-refractivity contribution in [2.24, 2.45) is 0 Å². The van der Waals surface area contributed by atoms with Crippen LogP contribution in [0.15, 0.2) is 60.7 Å². The summed E-state index contributed by atoms with van der Waals surface area (Å²) in [5, 5.41) is 21.3. The second-order valence-electron chi connectivity index (χ2n) is 5.77. The van der Waals surface area contributed by atoms with Gasteiger partial charge in [0.2, 0.25) is 0 Å². The molecule has 0 aliphatic heterocycles. The number of ether oxygens (including phenoxy) is 1. The maximum atomic E-state index is 12.3. The Bertz CT molecular complexity index is 1120. The van der Waals surface area contributed by atoms with Gasteiger partial charge in [-0.25, -0.2) is 19.6 Å². The largest absolute Gasteiger partial charge is 0.505 e. The molecule has 0 aliphatic carbocycles. The molecule has 2 heterocycles. The van der Waals surface area contributed by atoms with Crippen molar-refractivity contribution >= 4 is 33.7 Å². The first-order valence-electron chi connectivity index (χ1n) is 7.97. The topological polar surface area (TPSA) is 110 Å². The van der Waals surface area contributed by atoms with Crippen LogP contribution in [0, 0.1) is 0 Å². The number of aromatic hydroxyl groups is 2. The van der Waals surface area contributed by atoms with Crippen LogP contribution < -0.4 is 0 Å². The van der Waals surface area contributed by atoms with Gasteiger partial charge in [-0.3, -0.25) is 0 Å². The zero-order valence-corrected chi connectivity index (χ0v) is 13.8. The summed E-state index contributed by atoms with van der Waals surface area (Å²) in [6.45, 7) is 0. The number of pyridine rings is 2. The van der Waals surface area contributed by atoms with Crippen molar-refractivity contribution in [3.05, 3.63) is 72.1 Å². The van der Waals surface area contributed by atoms with Gasteiger partial charge in [-0.05, 0) is 24.3 Å². The lowest BCUT2D eigenvalue weighted by Crippen LogP contribution is -2.15. The van der Waals surface area contributed by atoms with Gasteiger partial charge in [0.25, 0.3) is 0 Å². The standard InChI is InChI=1S/C20H12N2O5/c23-15-9-11-5-1-3-7-13(11)21-17(15)19(25)27-20(26)18-16(24)10-12-6-2-4-8-14(12)22-18/h1-10,23-24H. The van der Waals surface area contributed by atoms with Crippen LogP contribution >= 0.6 is 0 Å². The fourth-order valence-corrected chi connectivity index (χ4v) is 2.69. The van der Waals surface area contributed by atoms with E-state index in [2.05, 4.69) is 9.97 Å². The molecule has 0 aliphatic rings. The number of aromatic nitrogens is 2. The number of carbonyl (C=O) groups is 2. The number of carbonyl (C=O) groups excluding carboxylic acids is 2. The van der Waals surface area contributed by atoms with Crippen molar-refractivity contribution < 1.29 is 24.5 Å². The molecule has 0 bridgehead atoms. The number of hydrogen-bond donors (Lipinski definition) is 2. The minimum absolute atomic E-state index is 0.401. The molecule has 2 aromatic carbocycles. The average molecular weight is 360 g/mol. The third-order valence-electron chi connectivity index (χ3n) is 3.98. The third-order valence-corrected chi connectivity index (χ3v) is 3.98. The summed E-state index contributed by atoms with van der Waals surface area (Å²) in [6.07, 6.45) is 0. The minimum atomic E-state index is -1.14. The Morgan fingerprint density at radius 2 is 1.11 bits per heavy atom. The van der Waals surface area contributed by atoms with Crippen LogP contribution in [-0.2, 0) is 4.74 Å². The Labute approximate surface area is 152 Å². The maximum absolute atomic E-state index is 12.3. The van der Waals surface area contributed by atoms with Gasteiger partial charge in [0.15, 0.2) is 11.4 Å². The molecule has 2 aromatic heterocycles. The van der Waals surface area contributed by atoms with Gasteiger partial charge in [-0.15, -0.1) is 0 Å². The lowest BCUT2D eigenvalue weighted by molar-refractivity contribution is 0.0386. The number of rotatable bonds is 2. The Hall–Kier alpha value is -4.00. The van der Waals surface area contributed by atoms with Gasteiger partial charge >= 0.3 is 11.9 Å². The van der Waals surface area contributed by atoms with E-state index in [1.807, 2.05) is 0 Å². The summed E-state index contributed by atoms with van der Waals surface area (Å²) in [6, 6.07) is 16.4. The normalized spacial score (nSPS) is 10.8. The molecular formula is C20H12N2O5. The van der Waals surface area contributed by atoms with Crippen LogP contribution in [0.2, 0.25) is 0 Å². The van der Waals surface area contributed by atoms with E-state index in [-0.39, 0.29) is 0 Å². The van der Waals surface area contributed by atoms with Crippen LogP contribution in [0.4, 0.5) is 0 Å². The summed E-state index contributed by atoms with van der Waals surface area (Å²) in [5.74, 6) is -3.11. The Kier molecular flexibility index (Phi) is 3.89. The van der Waals surface area contributed by atoms with Gasteiger partial charge in [0, 0.05) is 10.8 Å². The Morgan fingerprint density at radius 3 is 1.56 bits per heavy atom. The zero-order chi connectivity index (χ0) is 19.0. The predicted octanol–water partition coefficient (Wildman–Crippen LogP) is 3.19. The SMILES string of the molecule is O=C(OC(=O)c1nc2ccccc2cc1O)c1nc2ccccc2cc1O. The van der Waals surface area contributed by atoms with Crippen molar-refractivity contribution in [3.63, 3.8) is 0 Å². The highest BCUT2D eigenvalue weighted by atomic mass is 16.6. The lowest BCUT2D eigenvalue weighted by atomic mass is 10.2. The average Bonchev–Trinajstić information content (AvgIpc) is 2.66. The van der Waals surface area contributed by atoms with E-state index in [4.69, 9.17) is 4.74 Å². The third kappa shape index (κ3) is 3.02. The second kappa shape index (κ2) is 6.38. The summed E-state index contributed by atoms with van der Waals surface area (Å²) in [4.78, 5) is 32.7. The molecule has 4 rings (SSSR count). The first kappa shape index (κ1) is 16.5. The molecule has 132 valence electrons. The highest BCUT2D eigenvalue weighted by Crippen LogP contribution is 2.25. The molecular weight excluding hydrogens is 348 g/mol. The van der Waals surface area contributed by atoms with Gasteiger partial charge in [-0.1, -0.05) is 36.4 Å². The molecule has 0 saturated heterocycles. The van der Waals surface area contributed by atoms with Crippen LogP contribution in [0.1, 0.15) is 21.0 Å². The molecule has 27 heavy (non-hydrogen) atoms. The van der Waals surface area contributed by atoms with Crippen LogP contribution in [0.5, 0.6) is 11.5 Å². The quantitative estimate of drug-likeness (QED) is 0.417. The summed E-state index contributed by atoms with van der Waals surface area (Å²) >= 11 is 0. The van der Waals surface area contributed by atoms with Crippen molar-refractivity contribution in [2.75, 3.05) is 0 Å². The van der Waals surface area contributed by atoms with Gasteiger partial charge in [-0.2, -0.15) is 0 Å². The molecule has 0 atom stereocenters. The van der Waals surface area contributed by atoms with E-state index in [0.29, 0.717) is 21.8 Å². The lowest BCUT2D eigenvalue weighted by Gasteiger charge is -2.07. The molecule has 0 spiro atoms. The molecule has 0 unspecified atom stereocenters. The zero-order valence-electron chi connectivity index (χ0n) is 13.8. The van der Waals surface area contributed by atoms with E-state index < -0.39 is 34.8 Å². The summed E-state index contributed by atoms with van der Waals surface area (Å²) in [5.41, 5.74) is 0.118. The first-order chi connectivity index (χ1) is 13.0.